The van der Waals surface area contributed by atoms with Crippen LogP contribution in [0.4, 0.5) is 19.0 Å². The fourth-order valence-corrected chi connectivity index (χ4v) is 1.26. The summed E-state index contributed by atoms with van der Waals surface area (Å²) in [4.78, 5) is 5.43. The van der Waals surface area contributed by atoms with Gasteiger partial charge in [-0.1, -0.05) is 11.6 Å². The van der Waals surface area contributed by atoms with Crippen molar-refractivity contribution in [3.8, 4) is 0 Å². The third kappa shape index (κ3) is 4.06. The number of anilines is 1. The highest BCUT2D eigenvalue weighted by Crippen LogP contribution is 2.32. The summed E-state index contributed by atoms with van der Waals surface area (Å²) in [6.45, 7) is 0. The van der Waals surface area contributed by atoms with Crippen molar-refractivity contribution in [3.05, 3.63) is 22.8 Å². The number of hydrazone groups is 1. The smallest absolute Gasteiger partial charge is 0.367 e. The number of nitrogens with zero attached hydrogens (tertiary/aromatic N) is 4. The second-order valence-corrected chi connectivity index (χ2v) is 4.14. The summed E-state index contributed by atoms with van der Waals surface area (Å²) in [6, 6.07) is 1.66. The molecular weight excluding hydrogens is 269 g/mol. The molecule has 0 saturated carbocycles. The minimum absolute atomic E-state index is 0.0212. The van der Waals surface area contributed by atoms with Crippen molar-refractivity contribution in [2.24, 2.45) is 5.10 Å². The van der Waals surface area contributed by atoms with Crippen LogP contribution in [0.15, 0.2) is 17.2 Å². The molecule has 0 atom stereocenters. The standard InChI is InChI=1S/C10H12ClF3N4/c1-17(2)6-15-18(3)9-5-7(10(12,13)14)4-8(11)16-9/h4-6H,1-3H3. The van der Waals surface area contributed by atoms with Crippen LogP contribution in [0.3, 0.4) is 0 Å². The number of hydrogen-bond acceptors (Lipinski definition) is 3. The number of alkyl halides is 3. The molecule has 0 radical (unpaired) electrons. The van der Waals surface area contributed by atoms with E-state index in [9.17, 15) is 13.2 Å². The van der Waals surface area contributed by atoms with Gasteiger partial charge in [0.2, 0.25) is 0 Å². The lowest BCUT2D eigenvalue weighted by molar-refractivity contribution is -0.137. The van der Waals surface area contributed by atoms with Gasteiger partial charge in [0.05, 0.1) is 5.56 Å². The molecule has 0 aliphatic rings. The molecule has 0 N–H and O–H groups in total. The first-order valence-corrected chi connectivity index (χ1v) is 5.27. The summed E-state index contributed by atoms with van der Waals surface area (Å²) in [5.41, 5.74) is -0.857. The van der Waals surface area contributed by atoms with E-state index in [4.69, 9.17) is 11.6 Å². The fourth-order valence-electron chi connectivity index (χ4n) is 1.05. The Balaban J connectivity index is 3.06. The zero-order valence-electron chi connectivity index (χ0n) is 10.0. The molecule has 0 amide bonds. The number of rotatable bonds is 3. The molecule has 0 bridgehead atoms. The quantitative estimate of drug-likeness (QED) is 0.369. The molecule has 0 saturated heterocycles. The lowest BCUT2D eigenvalue weighted by Crippen LogP contribution is -2.17. The van der Waals surface area contributed by atoms with Crippen LogP contribution in [0.1, 0.15) is 5.56 Å². The largest absolute Gasteiger partial charge is 0.416 e. The van der Waals surface area contributed by atoms with E-state index in [1.54, 1.807) is 19.0 Å². The first-order valence-electron chi connectivity index (χ1n) is 4.89. The summed E-state index contributed by atoms with van der Waals surface area (Å²) >= 11 is 5.56. The van der Waals surface area contributed by atoms with Crippen molar-refractivity contribution in [1.82, 2.24) is 9.88 Å². The van der Waals surface area contributed by atoms with Crippen LogP contribution in [0.25, 0.3) is 0 Å². The lowest BCUT2D eigenvalue weighted by atomic mass is 10.2. The molecule has 1 aromatic heterocycles. The zero-order valence-corrected chi connectivity index (χ0v) is 10.8. The molecule has 0 aliphatic carbocycles. The Kier molecular flexibility index (Phi) is 4.39. The normalized spacial score (nSPS) is 11.9. The third-order valence-corrected chi connectivity index (χ3v) is 2.09. The number of halogens is 4. The van der Waals surface area contributed by atoms with Crippen LogP contribution in [0, 0.1) is 0 Å². The first kappa shape index (κ1) is 14.6. The van der Waals surface area contributed by atoms with Crippen molar-refractivity contribution < 1.29 is 13.2 Å². The Labute approximate surface area is 108 Å². The van der Waals surface area contributed by atoms with Gasteiger partial charge in [-0.25, -0.2) is 9.99 Å². The van der Waals surface area contributed by atoms with E-state index in [2.05, 4.69) is 10.1 Å². The van der Waals surface area contributed by atoms with Crippen molar-refractivity contribution in [2.45, 2.75) is 6.18 Å². The van der Waals surface area contributed by atoms with Crippen molar-refractivity contribution in [1.29, 1.82) is 0 Å². The topological polar surface area (TPSA) is 31.7 Å². The van der Waals surface area contributed by atoms with Gasteiger partial charge in [0.1, 0.15) is 11.5 Å². The van der Waals surface area contributed by atoms with Crippen LogP contribution in [-0.2, 0) is 6.18 Å². The average molecular weight is 281 g/mol. The molecule has 18 heavy (non-hydrogen) atoms. The van der Waals surface area contributed by atoms with Gasteiger partial charge < -0.3 is 4.90 Å². The van der Waals surface area contributed by atoms with Gasteiger partial charge in [-0.2, -0.15) is 18.3 Å². The lowest BCUT2D eigenvalue weighted by Gasteiger charge is -2.15. The van der Waals surface area contributed by atoms with Crippen LogP contribution in [0.5, 0.6) is 0 Å². The molecule has 4 nitrogen and oxygen atoms in total. The second kappa shape index (κ2) is 5.43. The van der Waals surface area contributed by atoms with E-state index in [-0.39, 0.29) is 11.0 Å². The molecule has 0 fully saturated rings. The van der Waals surface area contributed by atoms with Crippen LogP contribution < -0.4 is 5.01 Å². The highest BCUT2D eigenvalue weighted by Gasteiger charge is 2.31. The molecular formula is C10H12ClF3N4. The predicted molar refractivity (Wildman–Crippen MR) is 64.8 cm³/mol. The Morgan fingerprint density at radius 1 is 1.28 bits per heavy atom. The third-order valence-electron chi connectivity index (χ3n) is 1.90. The Hall–Kier alpha value is -1.50. The molecule has 0 aromatic carbocycles. The monoisotopic (exact) mass is 280 g/mol. The average Bonchev–Trinajstić information content (AvgIpc) is 2.23. The molecule has 0 aliphatic heterocycles. The van der Waals surface area contributed by atoms with Gasteiger partial charge in [0.25, 0.3) is 0 Å². The molecule has 1 heterocycles. The van der Waals surface area contributed by atoms with Gasteiger partial charge in [-0.15, -0.1) is 0 Å². The van der Waals surface area contributed by atoms with Gasteiger partial charge in [-0.05, 0) is 12.1 Å². The van der Waals surface area contributed by atoms with Crippen LogP contribution in [-0.4, -0.2) is 37.4 Å². The van der Waals surface area contributed by atoms with E-state index in [0.717, 1.165) is 12.1 Å². The number of aromatic nitrogens is 1. The Morgan fingerprint density at radius 3 is 2.39 bits per heavy atom. The van der Waals surface area contributed by atoms with Gasteiger partial charge >= 0.3 is 6.18 Å². The minimum Gasteiger partial charge on any atom is -0.367 e. The Morgan fingerprint density at radius 2 is 1.89 bits per heavy atom. The SMILES string of the molecule is CN(C)C=NN(C)c1cc(C(F)(F)F)cc(Cl)n1. The number of hydrogen-bond donors (Lipinski definition) is 0. The maximum Gasteiger partial charge on any atom is 0.416 e. The number of pyridine rings is 1. The highest BCUT2D eigenvalue weighted by atomic mass is 35.5. The summed E-state index contributed by atoms with van der Waals surface area (Å²) in [7, 11) is 4.96. The maximum atomic E-state index is 12.6. The molecule has 1 rings (SSSR count). The molecule has 1 aromatic rings. The van der Waals surface area contributed by atoms with Crippen molar-refractivity contribution in [3.63, 3.8) is 0 Å². The molecule has 0 unspecified atom stereocenters. The Bertz CT molecular complexity index is 445. The highest BCUT2D eigenvalue weighted by molar-refractivity contribution is 6.29. The van der Waals surface area contributed by atoms with Crippen molar-refractivity contribution in [2.75, 3.05) is 26.2 Å². The molecule has 8 heteroatoms. The van der Waals surface area contributed by atoms with E-state index in [0.29, 0.717) is 0 Å². The predicted octanol–water partition coefficient (Wildman–Crippen LogP) is 2.69. The zero-order chi connectivity index (χ0) is 13.9. The first-order chi connectivity index (χ1) is 8.20. The van der Waals surface area contributed by atoms with Gasteiger partial charge in [-0.3, -0.25) is 0 Å². The molecule has 100 valence electrons. The summed E-state index contributed by atoms with van der Waals surface area (Å²) in [5.74, 6) is 0.0212. The van der Waals surface area contributed by atoms with Gasteiger partial charge in [0, 0.05) is 21.1 Å². The van der Waals surface area contributed by atoms with Crippen LogP contribution in [0.2, 0.25) is 5.15 Å². The maximum absolute atomic E-state index is 12.6. The summed E-state index contributed by atoms with van der Waals surface area (Å²) in [6.07, 6.45) is -3.02. The summed E-state index contributed by atoms with van der Waals surface area (Å²) < 4.78 is 37.7. The van der Waals surface area contributed by atoms with E-state index in [1.165, 1.54) is 18.4 Å². The van der Waals surface area contributed by atoms with Gasteiger partial charge in [0.15, 0.2) is 5.82 Å². The minimum atomic E-state index is -4.46. The summed E-state index contributed by atoms with van der Waals surface area (Å²) in [5, 5.41) is 4.88. The van der Waals surface area contributed by atoms with Crippen LogP contribution >= 0.6 is 11.6 Å². The van der Waals surface area contributed by atoms with Crippen molar-refractivity contribution >= 4 is 23.8 Å². The fraction of sp³-hybridized carbons (Fsp3) is 0.400. The second-order valence-electron chi connectivity index (χ2n) is 3.75. The van der Waals surface area contributed by atoms with E-state index >= 15 is 0 Å². The van der Waals surface area contributed by atoms with E-state index in [1.807, 2.05) is 0 Å². The van der Waals surface area contributed by atoms with E-state index < -0.39 is 11.7 Å². The molecule has 0 spiro atoms.